The average Bonchev–Trinajstić information content (AvgIpc) is 2.88. The zero-order valence-corrected chi connectivity index (χ0v) is 14.6. The molecule has 0 bridgehead atoms. The van der Waals surface area contributed by atoms with E-state index in [0.29, 0.717) is 25.4 Å². The van der Waals surface area contributed by atoms with E-state index in [1.807, 2.05) is 13.0 Å². The third-order valence-electron chi connectivity index (χ3n) is 4.43. The molecule has 1 amide bonds. The Bertz CT molecular complexity index is 545. The van der Waals surface area contributed by atoms with E-state index in [9.17, 15) is 4.79 Å². The Morgan fingerprint density at radius 2 is 2.22 bits per heavy atom. The molecular weight excluding hydrogens is 290 g/mol. The highest BCUT2D eigenvalue weighted by Gasteiger charge is 2.35. The Labute approximate surface area is 139 Å². The second-order valence-electron chi connectivity index (χ2n) is 6.56. The number of carbonyl (C=O) groups is 1. The van der Waals surface area contributed by atoms with Gasteiger partial charge in [0.1, 0.15) is 5.75 Å². The van der Waals surface area contributed by atoms with Crippen molar-refractivity contribution in [2.75, 3.05) is 20.2 Å². The van der Waals surface area contributed by atoms with Crippen molar-refractivity contribution in [1.29, 1.82) is 0 Å². The van der Waals surface area contributed by atoms with E-state index < -0.39 is 0 Å². The van der Waals surface area contributed by atoms with Crippen molar-refractivity contribution in [2.45, 2.75) is 51.7 Å². The standard InChI is InChI=1S/C18H29N3O2/c1-5-20-18(22)16-9-15(19)11-21(16)10-14-8-13(12(2)3)6-7-17(14)23-4/h6-8,12,15-16H,5,9-11,19H2,1-4H3,(H,20,22)/t15-,16-/m0/s1. The highest BCUT2D eigenvalue weighted by molar-refractivity contribution is 5.82. The number of likely N-dealkylation sites (N-methyl/N-ethyl adjacent to an activating group) is 1. The van der Waals surface area contributed by atoms with Gasteiger partial charge >= 0.3 is 0 Å². The normalized spacial score (nSPS) is 21.7. The van der Waals surface area contributed by atoms with Gasteiger partial charge < -0.3 is 15.8 Å². The van der Waals surface area contributed by atoms with Gasteiger partial charge in [-0.05, 0) is 30.9 Å². The molecule has 23 heavy (non-hydrogen) atoms. The number of likely N-dealkylation sites (tertiary alicyclic amines) is 1. The smallest absolute Gasteiger partial charge is 0.237 e. The van der Waals surface area contributed by atoms with E-state index in [-0.39, 0.29) is 18.0 Å². The predicted octanol–water partition coefficient (Wildman–Crippen LogP) is 1.86. The highest BCUT2D eigenvalue weighted by atomic mass is 16.5. The molecule has 2 rings (SSSR count). The number of nitrogens with two attached hydrogens (primary N) is 1. The minimum absolute atomic E-state index is 0.0434. The van der Waals surface area contributed by atoms with Crippen LogP contribution >= 0.6 is 0 Å². The van der Waals surface area contributed by atoms with E-state index in [1.165, 1.54) is 5.56 Å². The van der Waals surface area contributed by atoms with E-state index in [4.69, 9.17) is 10.5 Å². The summed E-state index contributed by atoms with van der Waals surface area (Å²) in [5.41, 5.74) is 8.49. The summed E-state index contributed by atoms with van der Waals surface area (Å²) in [6.45, 7) is 8.34. The van der Waals surface area contributed by atoms with Crippen LogP contribution in [0.5, 0.6) is 5.75 Å². The van der Waals surface area contributed by atoms with Crippen molar-refractivity contribution < 1.29 is 9.53 Å². The van der Waals surface area contributed by atoms with Gasteiger partial charge in [-0.3, -0.25) is 9.69 Å². The second kappa shape index (κ2) is 7.79. The first-order valence-corrected chi connectivity index (χ1v) is 8.40. The fourth-order valence-electron chi connectivity index (χ4n) is 3.18. The van der Waals surface area contributed by atoms with Gasteiger partial charge in [0.2, 0.25) is 5.91 Å². The second-order valence-corrected chi connectivity index (χ2v) is 6.56. The van der Waals surface area contributed by atoms with Crippen LogP contribution in [0.4, 0.5) is 0 Å². The van der Waals surface area contributed by atoms with Crippen molar-refractivity contribution in [2.24, 2.45) is 5.73 Å². The lowest BCUT2D eigenvalue weighted by Gasteiger charge is -2.24. The molecule has 1 saturated heterocycles. The minimum Gasteiger partial charge on any atom is -0.496 e. The van der Waals surface area contributed by atoms with Gasteiger partial charge in [-0.15, -0.1) is 0 Å². The number of hydrogen-bond donors (Lipinski definition) is 2. The minimum atomic E-state index is -0.155. The molecule has 0 saturated carbocycles. The first-order valence-electron chi connectivity index (χ1n) is 8.40. The van der Waals surface area contributed by atoms with Crippen molar-refractivity contribution in [3.8, 4) is 5.75 Å². The molecular formula is C18H29N3O2. The van der Waals surface area contributed by atoms with Gasteiger partial charge in [0.05, 0.1) is 13.2 Å². The van der Waals surface area contributed by atoms with Crippen LogP contribution < -0.4 is 15.8 Å². The van der Waals surface area contributed by atoms with Crippen LogP contribution in [0.3, 0.4) is 0 Å². The summed E-state index contributed by atoms with van der Waals surface area (Å²) < 4.78 is 5.50. The largest absolute Gasteiger partial charge is 0.496 e. The maximum atomic E-state index is 12.3. The van der Waals surface area contributed by atoms with Crippen LogP contribution in [0, 0.1) is 0 Å². The van der Waals surface area contributed by atoms with Gasteiger partial charge in [-0.25, -0.2) is 0 Å². The van der Waals surface area contributed by atoms with Crippen molar-refractivity contribution in [3.05, 3.63) is 29.3 Å². The molecule has 2 atom stereocenters. The maximum Gasteiger partial charge on any atom is 0.237 e. The summed E-state index contributed by atoms with van der Waals surface area (Å²) in [5.74, 6) is 1.39. The lowest BCUT2D eigenvalue weighted by molar-refractivity contribution is -0.125. The molecule has 1 aromatic carbocycles. The molecule has 0 spiro atoms. The van der Waals surface area contributed by atoms with Gasteiger partial charge in [0, 0.05) is 31.2 Å². The number of hydrogen-bond acceptors (Lipinski definition) is 4. The first kappa shape index (κ1) is 17.8. The van der Waals surface area contributed by atoms with Crippen LogP contribution in [0.1, 0.15) is 44.2 Å². The van der Waals surface area contributed by atoms with Crippen LogP contribution in [-0.4, -0.2) is 43.1 Å². The molecule has 1 aliphatic heterocycles. The van der Waals surface area contributed by atoms with Crippen molar-refractivity contribution >= 4 is 5.91 Å². The fourth-order valence-corrected chi connectivity index (χ4v) is 3.18. The molecule has 5 nitrogen and oxygen atoms in total. The van der Waals surface area contributed by atoms with E-state index in [2.05, 4.69) is 36.2 Å². The Balaban J connectivity index is 2.22. The number of ether oxygens (including phenoxy) is 1. The lowest BCUT2D eigenvalue weighted by Crippen LogP contribution is -2.42. The van der Waals surface area contributed by atoms with Crippen LogP contribution in [0.2, 0.25) is 0 Å². The molecule has 1 heterocycles. The topological polar surface area (TPSA) is 67.6 Å². The third kappa shape index (κ3) is 4.24. The Hall–Kier alpha value is -1.59. The van der Waals surface area contributed by atoms with Gasteiger partial charge in [0.15, 0.2) is 0 Å². The summed E-state index contributed by atoms with van der Waals surface area (Å²) in [6, 6.07) is 6.19. The predicted molar refractivity (Wildman–Crippen MR) is 92.6 cm³/mol. The molecule has 1 aromatic rings. The molecule has 5 heteroatoms. The van der Waals surface area contributed by atoms with Crippen molar-refractivity contribution in [3.63, 3.8) is 0 Å². The molecule has 3 N–H and O–H groups in total. The van der Waals surface area contributed by atoms with E-state index in [0.717, 1.165) is 17.9 Å². The molecule has 0 aliphatic carbocycles. The third-order valence-corrected chi connectivity index (χ3v) is 4.43. The van der Waals surface area contributed by atoms with Crippen LogP contribution in [0.15, 0.2) is 18.2 Å². The van der Waals surface area contributed by atoms with Crippen LogP contribution in [0.25, 0.3) is 0 Å². The number of carbonyl (C=O) groups excluding carboxylic acids is 1. The molecule has 1 fully saturated rings. The number of amides is 1. The number of methoxy groups -OCH3 is 1. The summed E-state index contributed by atoms with van der Waals surface area (Å²) in [7, 11) is 1.69. The first-order chi connectivity index (χ1) is 11.0. The number of nitrogens with zero attached hydrogens (tertiary/aromatic N) is 1. The quantitative estimate of drug-likeness (QED) is 0.840. The van der Waals surface area contributed by atoms with Crippen LogP contribution in [-0.2, 0) is 11.3 Å². The summed E-state index contributed by atoms with van der Waals surface area (Å²) in [4.78, 5) is 14.4. The SMILES string of the molecule is CCNC(=O)[C@@H]1C[C@H](N)CN1Cc1cc(C(C)C)ccc1OC. The molecule has 128 valence electrons. The number of benzene rings is 1. The summed E-state index contributed by atoms with van der Waals surface area (Å²) >= 11 is 0. The molecule has 1 aliphatic rings. The molecule has 0 aromatic heterocycles. The number of nitrogens with one attached hydrogen (secondary N) is 1. The fraction of sp³-hybridized carbons (Fsp3) is 0.611. The van der Waals surface area contributed by atoms with Gasteiger partial charge in [0.25, 0.3) is 0 Å². The Morgan fingerprint density at radius 1 is 1.48 bits per heavy atom. The molecule has 0 unspecified atom stereocenters. The Kier molecular flexibility index (Phi) is 6.02. The monoisotopic (exact) mass is 319 g/mol. The zero-order chi connectivity index (χ0) is 17.0. The summed E-state index contributed by atoms with van der Waals surface area (Å²) in [5, 5.41) is 2.91. The average molecular weight is 319 g/mol. The van der Waals surface area contributed by atoms with Crippen molar-refractivity contribution in [1.82, 2.24) is 10.2 Å². The lowest BCUT2D eigenvalue weighted by atomic mass is 10.00. The van der Waals surface area contributed by atoms with E-state index >= 15 is 0 Å². The maximum absolute atomic E-state index is 12.3. The highest BCUT2D eigenvalue weighted by Crippen LogP contribution is 2.28. The number of rotatable bonds is 6. The molecule has 0 radical (unpaired) electrons. The van der Waals surface area contributed by atoms with Gasteiger partial charge in [-0.2, -0.15) is 0 Å². The van der Waals surface area contributed by atoms with E-state index in [1.54, 1.807) is 7.11 Å². The van der Waals surface area contributed by atoms with Gasteiger partial charge in [-0.1, -0.05) is 26.0 Å². The summed E-state index contributed by atoms with van der Waals surface area (Å²) in [6.07, 6.45) is 0.706. The Morgan fingerprint density at radius 3 is 2.83 bits per heavy atom. The zero-order valence-electron chi connectivity index (χ0n) is 14.6.